The van der Waals surface area contributed by atoms with Gasteiger partial charge in [0.1, 0.15) is 0 Å². The molecule has 1 aliphatic heterocycles. The van der Waals surface area contributed by atoms with E-state index < -0.39 is 0 Å². The van der Waals surface area contributed by atoms with Crippen molar-refractivity contribution in [2.75, 3.05) is 6.54 Å². The van der Waals surface area contributed by atoms with Gasteiger partial charge in [-0.15, -0.1) is 0 Å². The molecule has 2 fully saturated rings. The number of hydrogen-bond donors (Lipinski definition) is 0. The third kappa shape index (κ3) is 1.72. The average molecular weight is 280 g/mol. The summed E-state index contributed by atoms with van der Waals surface area (Å²) >= 11 is 3.55. The van der Waals surface area contributed by atoms with Crippen LogP contribution in [0.15, 0.2) is 28.7 Å². The van der Waals surface area contributed by atoms with Gasteiger partial charge in [-0.05, 0) is 24.5 Å². The van der Waals surface area contributed by atoms with Crippen LogP contribution >= 0.6 is 15.9 Å². The molecule has 1 aliphatic carbocycles. The van der Waals surface area contributed by atoms with E-state index >= 15 is 0 Å². The number of nitrogens with zero attached hydrogens (tertiary/aromatic N) is 1. The zero-order valence-electron chi connectivity index (χ0n) is 9.03. The summed E-state index contributed by atoms with van der Waals surface area (Å²) in [5.41, 5.74) is 1.14. The molecule has 0 amide bonds. The predicted molar refractivity (Wildman–Crippen MR) is 66.2 cm³/mol. The highest BCUT2D eigenvalue weighted by molar-refractivity contribution is 9.10. The summed E-state index contributed by atoms with van der Waals surface area (Å²) in [7, 11) is 0. The Morgan fingerprint density at radius 1 is 1.25 bits per heavy atom. The standard InChI is InChI=1S/C13H14BrNO/c14-11-4-2-1-3-10(11)13-12(16)7-8-15(13)9-5-6-9/h1-4,9,13H,5-8H2. The molecule has 1 saturated carbocycles. The molecular formula is C13H14BrNO. The monoisotopic (exact) mass is 279 g/mol. The number of ketones is 1. The highest BCUT2D eigenvalue weighted by Gasteiger charge is 2.42. The zero-order valence-corrected chi connectivity index (χ0v) is 10.6. The summed E-state index contributed by atoms with van der Waals surface area (Å²) in [6.07, 6.45) is 3.23. The van der Waals surface area contributed by atoms with Crippen LogP contribution < -0.4 is 0 Å². The minimum absolute atomic E-state index is 0.00285. The first-order valence-electron chi connectivity index (χ1n) is 5.80. The maximum absolute atomic E-state index is 12.0. The fourth-order valence-electron chi connectivity index (χ4n) is 2.54. The van der Waals surface area contributed by atoms with E-state index in [4.69, 9.17) is 0 Å². The lowest BCUT2D eigenvalue weighted by Crippen LogP contribution is -2.28. The fourth-order valence-corrected chi connectivity index (χ4v) is 3.04. The van der Waals surface area contributed by atoms with Gasteiger partial charge in [0.25, 0.3) is 0 Å². The van der Waals surface area contributed by atoms with E-state index in [1.807, 2.05) is 18.2 Å². The van der Waals surface area contributed by atoms with Gasteiger partial charge in [0.15, 0.2) is 5.78 Å². The molecular weight excluding hydrogens is 266 g/mol. The van der Waals surface area contributed by atoms with Gasteiger partial charge in [-0.1, -0.05) is 34.1 Å². The number of benzene rings is 1. The summed E-state index contributed by atoms with van der Waals surface area (Å²) in [4.78, 5) is 14.4. The molecule has 1 aromatic rings. The second-order valence-corrected chi connectivity index (χ2v) is 5.46. The summed E-state index contributed by atoms with van der Waals surface area (Å²) in [5, 5.41) is 0. The van der Waals surface area contributed by atoms with Crippen LogP contribution in [0.25, 0.3) is 0 Å². The molecule has 0 spiro atoms. The molecule has 2 nitrogen and oxygen atoms in total. The van der Waals surface area contributed by atoms with Gasteiger partial charge in [0.05, 0.1) is 6.04 Å². The maximum Gasteiger partial charge on any atom is 0.155 e. The van der Waals surface area contributed by atoms with E-state index in [-0.39, 0.29) is 6.04 Å². The first kappa shape index (κ1) is 10.5. The Morgan fingerprint density at radius 2 is 2.00 bits per heavy atom. The van der Waals surface area contributed by atoms with Gasteiger partial charge >= 0.3 is 0 Å². The van der Waals surface area contributed by atoms with E-state index in [0.29, 0.717) is 18.2 Å². The lowest BCUT2D eigenvalue weighted by molar-refractivity contribution is -0.120. The van der Waals surface area contributed by atoms with E-state index in [2.05, 4.69) is 26.9 Å². The number of likely N-dealkylation sites (tertiary alicyclic amines) is 1. The number of halogens is 1. The van der Waals surface area contributed by atoms with Gasteiger partial charge < -0.3 is 0 Å². The highest BCUT2D eigenvalue weighted by atomic mass is 79.9. The summed E-state index contributed by atoms with van der Waals surface area (Å²) in [6.45, 7) is 0.940. The Kier molecular flexibility index (Phi) is 2.60. The molecule has 84 valence electrons. The van der Waals surface area contributed by atoms with Crippen LogP contribution in [-0.2, 0) is 4.79 Å². The zero-order chi connectivity index (χ0) is 11.1. The smallest absolute Gasteiger partial charge is 0.155 e. The minimum atomic E-state index is 0.00285. The Balaban J connectivity index is 1.97. The quantitative estimate of drug-likeness (QED) is 0.830. The molecule has 0 N–H and O–H groups in total. The van der Waals surface area contributed by atoms with Crippen molar-refractivity contribution < 1.29 is 4.79 Å². The van der Waals surface area contributed by atoms with Gasteiger partial charge in [-0.3, -0.25) is 9.69 Å². The van der Waals surface area contributed by atoms with Crippen LogP contribution in [0.5, 0.6) is 0 Å². The number of hydrogen-bond acceptors (Lipinski definition) is 2. The van der Waals surface area contributed by atoms with Crippen molar-refractivity contribution in [2.45, 2.75) is 31.3 Å². The molecule has 0 bridgehead atoms. The molecule has 3 heteroatoms. The van der Waals surface area contributed by atoms with Gasteiger partial charge in [0, 0.05) is 23.5 Å². The van der Waals surface area contributed by atoms with Crippen molar-refractivity contribution in [1.29, 1.82) is 0 Å². The second-order valence-electron chi connectivity index (χ2n) is 4.61. The SMILES string of the molecule is O=C1CCN(C2CC2)C1c1ccccc1Br. The largest absolute Gasteiger partial charge is 0.297 e. The molecule has 1 unspecified atom stereocenters. The van der Waals surface area contributed by atoms with E-state index in [1.54, 1.807) is 0 Å². The third-order valence-corrected chi connectivity index (χ3v) is 4.19. The van der Waals surface area contributed by atoms with Crippen molar-refractivity contribution in [3.8, 4) is 0 Å². The molecule has 1 aromatic carbocycles. The van der Waals surface area contributed by atoms with Gasteiger partial charge in [0.2, 0.25) is 0 Å². The normalized spacial score (nSPS) is 26.3. The molecule has 3 rings (SSSR count). The maximum atomic E-state index is 12.0. The Bertz CT molecular complexity index is 428. The summed E-state index contributed by atoms with van der Waals surface area (Å²) < 4.78 is 1.06. The van der Waals surface area contributed by atoms with Gasteiger partial charge in [-0.2, -0.15) is 0 Å². The first-order chi connectivity index (χ1) is 7.77. The van der Waals surface area contributed by atoms with Crippen molar-refractivity contribution in [2.24, 2.45) is 0 Å². The molecule has 0 radical (unpaired) electrons. The van der Waals surface area contributed by atoms with Crippen LogP contribution in [0.4, 0.5) is 0 Å². The molecule has 1 heterocycles. The number of carbonyl (C=O) groups is 1. The minimum Gasteiger partial charge on any atom is -0.297 e. The average Bonchev–Trinajstić information content (AvgIpc) is 3.04. The van der Waals surface area contributed by atoms with Crippen LogP contribution in [0, 0.1) is 0 Å². The fraction of sp³-hybridized carbons (Fsp3) is 0.462. The van der Waals surface area contributed by atoms with Crippen LogP contribution in [0.2, 0.25) is 0 Å². The van der Waals surface area contributed by atoms with Crippen LogP contribution in [0.1, 0.15) is 30.9 Å². The van der Waals surface area contributed by atoms with Crippen LogP contribution in [-0.4, -0.2) is 23.3 Å². The number of Topliss-reactive ketones (excluding diaryl/α,β-unsaturated/α-hetero) is 1. The van der Waals surface area contributed by atoms with Crippen LogP contribution in [0.3, 0.4) is 0 Å². The van der Waals surface area contributed by atoms with Gasteiger partial charge in [-0.25, -0.2) is 0 Å². The van der Waals surface area contributed by atoms with Crippen molar-refractivity contribution >= 4 is 21.7 Å². The lowest BCUT2D eigenvalue weighted by Gasteiger charge is -2.23. The highest BCUT2D eigenvalue weighted by Crippen LogP contribution is 2.40. The van der Waals surface area contributed by atoms with Crippen molar-refractivity contribution in [3.05, 3.63) is 34.3 Å². The van der Waals surface area contributed by atoms with E-state index in [9.17, 15) is 4.79 Å². The summed E-state index contributed by atoms with van der Waals surface area (Å²) in [5.74, 6) is 0.374. The first-order valence-corrected chi connectivity index (χ1v) is 6.59. The Morgan fingerprint density at radius 3 is 2.69 bits per heavy atom. The topological polar surface area (TPSA) is 20.3 Å². The number of carbonyl (C=O) groups excluding carboxylic acids is 1. The Hall–Kier alpha value is -0.670. The predicted octanol–water partition coefficient (Wildman–Crippen LogP) is 2.93. The number of rotatable bonds is 2. The van der Waals surface area contributed by atoms with Crippen molar-refractivity contribution in [1.82, 2.24) is 4.90 Å². The van der Waals surface area contributed by atoms with E-state index in [1.165, 1.54) is 12.8 Å². The lowest BCUT2D eigenvalue weighted by atomic mass is 10.0. The Labute approximate surface area is 104 Å². The third-order valence-electron chi connectivity index (χ3n) is 3.47. The molecule has 1 saturated heterocycles. The van der Waals surface area contributed by atoms with Crippen molar-refractivity contribution in [3.63, 3.8) is 0 Å². The molecule has 16 heavy (non-hydrogen) atoms. The second kappa shape index (κ2) is 3.97. The molecule has 1 atom stereocenters. The summed E-state index contributed by atoms with van der Waals surface area (Å²) in [6, 6.07) is 8.75. The van der Waals surface area contributed by atoms with E-state index in [0.717, 1.165) is 16.6 Å². The molecule has 2 aliphatic rings. The molecule has 0 aromatic heterocycles.